The molecule has 1 aliphatic heterocycles. The summed E-state index contributed by atoms with van der Waals surface area (Å²) in [7, 11) is 1.58. The van der Waals surface area contributed by atoms with Crippen molar-refractivity contribution < 1.29 is 14.4 Å². The van der Waals surface area contributed by atoms with E-state index in [2.05, 4.69) is 0 Å². The van der Waals surface area contributed by atoms with Crippen molar-refractivity contribution in [3.63, 3.8) is 0 Å². The van der Waals surface area contributed by atoms with Crippen molar-refractivity contribution in [2.24, 2.45) is 5.90 Å². The Morgan fingerprint density at radius 2 is 2.35 bits per heavy atom. The van der Waals surface area contributed by atoms with Crippen LogP contribution < -0.4 is 10.6 Å². The van der Waals surface area contributed by atoms with Gasteiger partial charge in [0.1, 0.15) is 5.75 Å². The first-order valence-corrected chi connectivity index (χ1v) is 5.53. The lowest BCUT2D eigenvalue weighted by atomic mass is 10.2. The van der Waals surface area contributed by atoms with Gasteiger partial charge in [0, 0.05) is 18.7 Å². The molecule has 2 N–H and O–H groups in total. The van der Waals surface area contributed by atoms with E-state index < -0.39 is 0 Å². The molecule has 0 aromatic heterocycles. The van der Waals surface area contributed by atoms with Crippen LogP contribution in [0.15, 0.2) is 24.3 Å². The molecular weight excluding hydrogens is 220 g/mol. The van der Waals surface area contributed by atoms with Crippen molar-refractivity contribution in [2.45, 2.75) is 12.5 Å². The minimum Gasteiger partial charge on any atom is -0.497 e. The first kappa shape index (κ1) is 11.9. The fourth-order valence-corrected chi connectivity index (χ4v) is 1.96. The highest BCUT2D eigenvalue weighted by atomic mass is 16.6. The highest BCUT2D eigenvalue weighted by Gasteiger charge is 2.27. The van der Waals surface area contributed by atoms with Gasteiger partial charge in [-0.05, 0) is 24.6 Å². The van der Waals surface area contributed by atoms with Gasteiger partial charge in [-0.15, -0.1) is 0 Å². The summed E-state index contributed by atoms with van der Waals surface area (Å²) < 4.78 is 5.09. The van der Waals surface area contributed by atoms with E-state index in [1.54, 1.807) is 30.2 Å². The molecule has 92 valence electrons. The molecule has 1 unspecified atom stereocenters. The third-order valence-electron chi connectivity index (χ3n) is 2.94. The Kier molecular flexibility index (Phi) is 3.61. The molecule has 0 spiro atoms. The molecular formula is C12H16N2O3. The summed E-state index contributed by atoms with van der Waals surface area (Å²) in [4.78, 5) is 18.6. The SMILES string of the molecule is COc1cccc(C(=O)N2CCC(ON)C2)c1. The number of carbonyl (C=O) groups excluding carboxylic acids is 1. The summed E-state index contributed by atoms with van der Waals surface area (Å²) in [6.45, 7) is 1.23. The molecule has 17 heavy (non-hydrogen) atoms. The van der Waals surface area contributed by atoms with Crippen molar-refractivity contribution in [2.75, 3.05) is 20.2 Å². The molecule has 2 rings (SSSR count). The molecule has 1 aliphatic rings. The Morgan fingerprint density at radius 1 is 1.53 bits per heavy atom. The van der Waals surface area contributed by atoms with E-state index in [9.17, 15) is 4.79 Å². The van der Waals surface area contributed by atoms with Gasteiger partial charge in [-0.3, -0.25) is 9.63 Å². The highest BCUT2D eigenvalue weighted by molar-refractivity contribution is 5.94. The Labute approximate surface area is 100 Å². The number of methoxy groups -OCH3 is 1. The van der Waals surface area contributed by atoms with Gasteiger partial charge in [-0.1, -0.05) is 6.07 Å². The fourth-order valence-electron chi connectivity index (χ4n) is 1.96. The normalized spacial score (nSPS) is 19.4. The van der Waals surface area contributed by atoms with Gasteiger partial charge < -0.3 is 9.64 Å². The van der Waals surface area contributed by atoms with Gasteiger partial charge in [0.2, 0.25) is 0 Å². The molecule has 0 radical (unpaired) electrons. The lowest BCUT2D eigenvalue weighted by molar-refractivity contribution is 0.0537. The van der Waals surface area contributed by atoms with Crippen LogP contribution in [0.2, 0.25) is 0 Å². The van der Waals surface area contributed by atoms with E-state index in [1.807, 2.05) is 6.07 Å². The second kappa shape index (κ2) is 5.16. The van der Waals surface area contributed by atoms with Gasteiger partial charge in [-0.25, -0.2) is 5.90 Å². The van der Waals surface area contributed by atoms with Crippen molar-refractivity contribution in [3.8, 4) is 5.75 Å². The standard InChI is InChI=1S/C12H16N2O3/c1-16-10-4-2-3-9(7-10)12(15)14-6-5-11(8-14)17-13/h2-4,7,11H,5-6,8,13H2,1H3. The zero-order valence-electron chi connectivity index (χ0n) is 9.76. The number of likely N-dealkylation sites (tertiary alicyclic amines) is 1. The van der Waals surface area contributed by atoms with E-state index in [1.165, 1.54) is 0 Å². The molecule has 1 aromatic rings. The summed E-state index contributed by atoms with van der Waals surface area (Å²) in [6, 6.07) is 7.13. The molecule has 1 aromatic carbocycles. The molecule has 1 heterocycles. The Bertz CT molecular complexity index is 408. The maximum absolute atomic E-state index is 12.2. The van der Waals surface area contributed by atoms with Crippen molar-refractivity contribution in [3.05, 3.63) is 29.8 Å². The van der Waals surface area contributed by atoms with Gasteiger partial charge in [0.25, 0.3) is 5.91 Å². The molecule has 0 bridgehead atoms. The van der Waals surface area contributed by atoms with Crippen LogP contribution in [0, 0.1) is 0 Å². The lowest BCUT2D eigenvalue weighted by Crippen LogP contribution is -2.30. The van der Waals surface area contributed by atoms with Crippen LogP contribution in [0.4, 0.5) is 0 Å². The third kappa shape index (κ3) is 2.57. The van der Waals surface area contributed by atoms with Crippen LogP contribution in [0.25, 0.3) is 0 Å². The van der Waals surface area contributed by atoms with Gasteiger partial charge >= 0.3 is 0 Å². The largest absolute Gasteiger partial charge is 0.497 e. The van der Waals surface area contributed by atoms with Crippen LogP contribution in [0.1, 0.15) is 16.8 Å². The van der Waals surface area contributed by atoms with Gasteiger partial charge in [0.05, 0.1) is 13.2 Å². The molecule has 1 atom stereocenters. The number of rotatable bonds is 3. The average molecular weight is 236 g/mol. The molecule has 0 saturated carbocycles. The number of benzene rings is 1. The number of ether oxygens (including phenoxy) is 1. The van der Waals surface area contributed by atoms with Crippen LogP contribution in [-0.2, 0) is 4.84 Å². The smallest absolute Gasteiger partial charge is 0.254 e. The Balaban J connectivity index is 2.09. The van der Waals surface area contributed by atoms with Crippen molar-refractivity contribution in [1.29, 1.82) is 0 Å². The Morgan fingerprint density at radius 3 is 3.00 bits per heavy atom. The first-order valence-electron chi connectivity index (χ1n) is 5.53. The van der Waals surface area contributed by atoms with Crippen LogP contribution >= 0.6 is 0 Å². The average Bonchev–Trinajstić information content (AvgIpc) is 2.86. The maximum atomic E-state index is 12.2. The molecule has 1 saturated heterocycles. The predicted molar refractivity (Wildman–Crippen MR) is 62.6 cm³/mol. The zero-order valence-corrected chi connectivity index (χ0v) is 9.76. The molecule has 0 aliphatic carbocycles. The lowest BCUT2D eigenvalue weighted by Gasteiger charge is -2.16. The number of carbonyl (C=O) groups is 1. The number of hydrogen-bond acceptors (Lipinski definition) is 4. The maximum Gasteiger partial charge on any atom is 0.254 e. The topological polar surface area (TPSA) is 64.8 Å². The number of amides is 1. The third-order valence-corrected chi connectivity index (χ3v) is 2.94. The molecule has 5 nitrogen and oxygen atoms in total. The summed E-state index contributed by atoms with van der Waals surface area (Å²) in [5, 5.41) is 0. The van der Waals surface area contributed by atoms with Crippen LogP contribution in [0.3, 0.4) is 0 Å². The minimum absolute atomic E-state index is 0.0107. The van der Waals surface area contributed by atoms with Crippen molar-refractivity contribution >= 4 is 5.91 Å². The summed E-state index contributed by atoms with van der Waals surface area (Å²) >= 11 is 0. The summed E-state index contributed by atoms with van der Waals surface area (Å²) in [6.07, 6.45) is 0.733. The number of nitrogens with zero attached hydrogens (tertiary/aromatic N) is 1. The molecule has 1 fully saturated rings. The predicted octanol–water partition coefficient (Wildman–Crippen LogP) is 0.800. The minimum atomic E-state index is -0.0513. The second-order valence-corrected chi connectivity index (χ2v) is 4.03. The first-order chi connectivity index (χ1) is 8.24. The van der Waals surface area contributed by atoms with E-state index in [0.717, 1.165) is 6.42 Å². The van der Waals surface area contributed by atoms with Crippen LogP contribution in [0.5, 0.6) is 5.75 Å². The van der Waals surface area contributed by atoms with Gasteiger partial charge in [0.15, 0.2) is 0 Å². The zero-order chi connectivity index (χ0) is 12.3. The number of hydrogen-bond donors (Lipinski definition) is 1. The monoisotopic (exact) mass is 236 g/mol. The molecule has 5 heteroatoms. The Hall–Kier alpha value is -1.59. The highest BCUT2D eigenvalue weighted by Crippen LogP contribution is 2.18. The van der Waals surface area contributed by atoms with E-state index >= 15 is 0 Å². The van der Waals surface area contributed by atoms with Gasteiger partial charge in [-0.2, -0.15) is 0 Å². The van der Waals surface area contributed by atoms with Crippen LogP contribution in [-0.4, -0.2) is 37.1 Å². The quantitative estimate of drug-likeness (QED) is 0.788. The van der Waals surface area contributed by atoms with E-state index in [-0.39, 0.29) is 12.0 Å². The fraction of sp³-hybridized carbons (Fsp3) is 0.417. The van der Waals surface area contributed by atoms with Crippen molar-refractivity contribution in [1.82, 2.24) is 4.90 Å². The number of nitrogens with two attached hydrogens (primary N) is 1. The summed E-state index contributed by atoms with van der Waals surface area (Å²) in [5.41, 5.74) is 0.627. The molecule has 1 amide bonds. The van der Waals surface area contributed by atoms with E-state index in [4.69, 9.17) is 15.5 Å². The van der Waals surface area contributed by atoms with E-state index in [0.29, 0.717) is 24.4 Å². The summed E-state index contributed by atoms with van der Waals surface area (Å²) in [5.74, 6) is 5.79. The second-order valence-electron chi connectivity index (χ2n) is 4.03.